The van der Waals surface area contributed by atoms with Gasteiger partial charge in [0.05, 0.1) is 20.4 Å². The lowest BCUT2D eigenvalue weighted by molar-refractivity contribution is 0.0953. The second-order valence-corrected chi connectivity index (χ2v) is 5.51. The molecule has 1 heterocycles. The highest BCUT2D eigenvalue weighted by Crippen LogP contribution is 2.29. The summed E-state index contributed by atoms with van der Waals surface area (Å²) in [6.45, 7) is 3.74. The molecule has 0 radical (unpaired) electrons. The van der Waals surface area contributed by atoms with Crippen LogP contribution in [0, 0.1) is 0 Å². The SMILES string of the molecule is COc1cccc(/C=N\NC(=O)c2cccn(C(C)C)c2=O)c1OC. The van der Waals surface area contributed by atoms with Gasteiger partial charge in [-0.05, 0) is 38.1 Å². The summed E-state index contributed by atoms with van der Waals surface area (Å²) in [5, 5.41) is 3.91. The highest BCUT2D eigenvalue weighted by Gasteiger charge is 2.13. The third-order valence-electron chi connectivity index (χ3n) is 3.58. The summed E-state index contributed by atoms with van der Waals surface area (Å²) in [4.78, 5) is 24.5. The molecule has 0 atom stereocenters. The summed E-state index contributed by atoms with van der Waals surface area (Å²) in [6.07, 6.45) is 3.08. The van der Waals surface area contributed by atoms with Crippen molar-refractivity contribution in [1.29, 1.82) is 0 Å². The molecule has 7 heteroatoms. The third kappa shape index (κ3) is 4.06. The van der Waals surface area contributed by atoms with Gasteiger partial charge in [0.25, 0.3) is 11.5 Å². The van der Waals surface area contributed by atoms with Crippen LogP contribution in [0.2, 0.25) is 0 Å². The van der Waals surface area contributed by atoms with E-state index in [2.05, 4.69) is 10.5 Å². The van der Waals surface area contributed by atoms with Crippen LogP contribution in [0.25, 0.3) is 0 Å². The Morgan fingerprint density at radius 3 is 2.60 bits per heavy atom. The Morgan fingerprint density at radius 2 is 1.96 bits per heavy atom. The first-order valence-electron chi connectivity index (χ1n) is 7.75. The fourth-order valence-corrected chi connectivity index (χ4v) is 2.32. The number of amides is 1. The first-order chi connectivity index (χ1) is 12.0. The normalized spacial score (nSPS) is 10.9. The Labute approximate surface area is 145 Å². The molecule has 0 spiro atoms. The van der Waals surface area contributed by atoms with Crippen molar-refractivity contribution in [2.75, 3.05) is 14.2 Å². The van der Waals surface area contributed by atoms with Gasteiger partial charge in [0.2, 0.25) is 0 Å². The molecule has 0 saturated carbocycles. The molecule has 1 N–H and O–H groups in total. The first-order valence-corrected chi connectivity index (χ1v) is 7.75. The summed E-state index contributed by atoms with van der Waals surface area (Å²) in [5.41, 5.74) is 2.67. The average molecular weight is 343 g/mol. The van der Waals surface area contributed by atoms with Crippen LogP contribution in [0.5, 0.6) is 11.5 Å². The summed E-state index contributed by atoms with van der Waals surface area (Å²) < 4.78 is 12.0. The van der Waals surface area contributed by atoms with Crippen LogP contribution < -0.4 is 20.5 Å². The molecular weight excluding hydrogens is 322 g/mol. The Morgan fingerprint density at radius 1 is 1.20 bits per heavy atom. The number of methoxy groups -OCH3 is 2. The maximum atomic E-state index is 12.3. The number of hydrogen-bond acceptors (Lipinski definition) is 5. The Balaban J connectivity index is 2.20. The van der Waals surface area contributed by atoms with Gasteiger partial charge < -0.3 is 14.0 Å². The number of rotatable bonds is 6. The molecule has 1 aromatic carbocycles. The third-order valence-corrected chi connectivity index (χ3v) is 3.58. The van der Waals surface area contributed by atoms with Gasteiger partial charge in [-0.15, -0.1) is 0 Å². The van der Waals surface area contributed by atoms with Crippen LogP contribution in [-0.4, -0.2) is 30.9 Å². The fourth-order valence-electron chi connectivity index (χ4n) is 2.32. The second kappa shape index (κ2) is 8.14. The molecule has 0 aliphatic carbocycles. The summed E-state index contributed by atoms with van der Waals surface area (Å²) in [6, 6.07) is 8.40. The van der Waals surface area contributed by atoms with Crippen LogP contribution >= 0.6 is 0 Å². The number of nitrogens with one attached hydrogen (secondary N) is 1. The molecule has 0 aliphatic heterocycles. The van der Waals surface area contributed by atoms with Crippen LogP contribution in [0.4, 0.5) is 0 Å². The standard InChI is InChI=1S/C18H21N3O4/c1-12(2)21-10-6-8-14(18(21)23)17(22)20-19-11-13-7-5-9-15(24-3)16(13)25-4/h5-12H,1-4H3,(H,20,22)/b19-11-. The Bertz CT molecular complexity index is 840. The lowest BCUT2D eigenvalue weighted by Gasteiger charge is -2.10. The topological polar surface area (TPSA) is 81.9 Å². The highest BCUT2D eigenvalue weighted by atomic mass is 16.5. The van der Waals surface area contributed by atoms with Crippen molar-refractivity contribution < 1.29 is 14.3 Å². The molecule has 0 aliphatic rings. The summed E-state index contributed by atoms with van der Waals surface area (Å²) in [5.74, 6) is 0.489. The number of nitrogens with zero attached hydrogens (tertiary/aromatic N) is 2. The molecule has 0 bridgehead atoms. The van der Waals surface area contributed by atoms with E-state index < -0.39 is 5.91 Å². The minimum absolute atomic E-state index is 0.0333. The van der Waals surface area contributed by atoms with Crippen molar-refractivity contribution in [2.45, 2.75) is 19.9 Å². The molecule has 2 rings (SSSR count). The van der Waals surface area contributed by atoms with Gasteiger partial charge in [0.15, 0.2) is 11.5 Å². The molecule has 1 amide bonds. The number of para-hydroxylation sites is 1. The largest absolute Gasteiger partial charge is 0.493 e. The molecule has 0 unspecified atom stereocenters. The average Bonchev–Trinajstić information content (AvgIpc) is 2.61. The van der Waals surface area contributed by atoms with E-state index in [0.717, 1.165) is 0 Å². The molecule has 2 aromatic rings. The maximum Gasteiger partial charge on any atom is 0.276 e. The number of carbonyl (C=O) groups excluding carboxylic acids is 1. The van der Waals surface area contributed by atoms with Crippen molar-refractivity contribution in [3.8, 4) is 11.5 Å². The van der Waals surface area contributed by atoms with Crippen molar-refractivity contribution in [1.82, 2.24) is 9.99 Å². The van der Waals surface area contributed by atoms with Crippen LogP contribution in [-0.2, 0) is 0 Å². The molecule has 0 fully saturated rings. The minimum Gasteiger partial charge on any atom is -0.493 e. The van der Waals surface area contributed by atoms with E-state index in [1.54, 1.807) is 30.5 Å². The predicted octanol–water partition coefficient (Wildman–Crippen LogP) is 2.21. The van der Waals surface area contributed by atoms with Gasteiger partial charge in [0, 0.05) is 17.8 Å². The van der Waals surface area contributed by atoms with Crippen molar-refractivity contribution in [3.05, 3.63) is 58.0 Å². The highest BCUT2D eigenvalue weighted by molar-refractivity contribution is 5.94. The number of pyridine rings is 1. The van der Waals surface area contributed by atoms with Gasteiger partial charge in [0.1, 0.15) is 5.56 Å². The predicted molar refractivity (Wildman–Crippen MR) is 95.7 cm³/mol. The fraction of sp³-hybridized carbons (Fsp3) is 0.278. The van der Waals surface area contributed by atoms with Gasteiger partial charge >= 0.3 is 0 Å². The van der Waals surface area contributed by atoms with E-state index >= 15 is 0 Å². The number of benzene rings is 1. The van der Waals surface area contributed by atoms with E-state index in [1.165, 1.54) is 31.1 Å². The number of hydrazone groups is 1. The number of hydrogen-bond donors (Lipinski definition) is 1. The molecule has 25 heavy (non-hydrogen) atoms. The monoisotopic (exact) mass is 343 g/mol. The number of aromatic nitrogens is 1. The maximum absolute atomic E-state index is 12.3. The molecule has 132 valence electrons. The van der Waals surface area contributed by atoms with E-state index in [1.807, 2.05) is 13.8 Å². The van der Waals surface area contributed by atoms with Gasteiger partial charge in [-0.2, -0.15) is 5.10 Å². The number of ether oxygens (including phenoxy) is 2. The van der Waals surface area contributed by atoms with Crippen LogP contribution in [0.3, 0.4) is 0 Å². The van der Waals surface area contributed by atoms with Gasteiger partial charge in [-0.25, -0.2) is 5.43 Å². The molecule has 1 aromatic heterocycles. The van der Waals surface area contributed by atoms with Crippen LogP contribution in [0.1, 0.15) is 35.8 Å². The van der Waals surface area contributed by atoms with E-state index in [9.17, 15) is 9.59 Å². The van der Waals surface area contributed by atoms with Crippen molar-refractivity contribution in [3.63, 3.8) is 0 Å². The molecule has 7 nitrogen and oxygen atoms in total. The van der Waals surface area contributed by atoms with Crippen molar-refractivity contribution >= 4 is 12.1 Å². The lowest BCUT2D eigenvalue weighted by Crippen LogP contribution is -2.31. The van der Waals surface area contributed by atoms with E-state index in [0.29, 0.717) is 17.1 Å². The van der Waals surface area contributed by atoms with Gasteiger partial charge in [-0.1, -0.05) is 6.07 Å². The van der Waals surface area contributed by atoms with E-state index in [4.69, 9.17) is 9.47 Å². The van der Waals surface area contributed by atoms with E-state index in [-0.39, 0.29) is 17.2 Å². The zero-order valence-electron chi connectivity index (χ0n) is 14.6. The van der Waals surface area contributed by atoms with Crippen molar-refractivity contribution in [2.24, 2.45) is 5.10 Å². The van der Waals surface area contributed by atoms with Crippen LogP contribution in [0.15, 0.2) is 46.4 Å². The Hall–Kier alpha value is -3.09. The summed E-state index contributed by atoms with van der Waals surface area (Å²) in [7, 11) is 3.06. The second-order valence-electron chi connectivity index (χ2n) is 5.51. The molecular formula is C18H21N3O4. The molecule has 0 saturated heterocycles. The first kappa shape index (κ1) is 18.3. The van der Waals surface area contributed by atoms with Gasteiger partial charge in [-0.3, -0.25) is 9.59 Å². The minimum atomic E-state index is -0.571. The smallest absolute Gasteiger partial charge is 0.276 e. The summed E-state index contributed by atoms with van der Waals surface area (Å²) >= 11 is 0. The lowest BCUT2D eigenvalue weighted by atomic mass is 10.2. The Kier molecular flexibility index (Phi) is 5.94. The quantitative estimate of drug-likeness (QED) is 0.644. The zero-order valence-corrected chi connectivity index (χ0v) is 14.6. The zero-order chi connectivity index (χ0) is 18.4. The number of carbonyl (C=O) groups is 1.